The monoisotopic (exact) mass is 294 g/mol. The number of hydrogen-bond acceptors (Lipinski definition) is 4. The van der Waals surface area contributed by atoms with E-state index in [1.54, 1.807) is 33.5 Å². The Hall–Kier alpha value is -1.37. The van der Waals surface area contributed by atoms with Crippen LogP contribution in [0.15, 0.2) is 23.7 Å². The first-order valence-electron chi connectivity index (χ1n) is 5.96. The summed E-state index contributed by atoms with van der Waals surface area (Å²) in [5.41, 5.74) is -0.397. The summed E-state index contributed by atoms with van der Waals surface area (Å²) >= 11 is 0. The molecule has 0 amide bonds. The van der Waals surface area contributed by atoms with E-state index >= 15 is 0 Å². The average Bonchev–Trinajstić information content (AvgIpc) is 2.26. The van der Waals surface area contributed by atoms with Crippen LogP contribution >= 0.6 is 0 Å². The first-order chi connectivity index (χ1) is 8.72. The van der Waals surface area contributed by atoms with Gasteiger partial charge in [-0.2, -0.15) is 8.78 Å². The summed E-state index contributed by atoms with van der Waals surface area (Å²) in [4.78, 5) is 11.7. The highest BCUT2D eigenvalue weighted by atomic mass is 28.4. The predicted molar refractivity (Wildman–Crippen MR) is 70.0 cm³/mol. The lowest BCUT2D eigenvalue weighted by Crippen LogP contribution is -2.27. The van der Waals surface area contributed by atoms with Gasteiger partial charge in [0, 0.05) is 0 Å². The topological polar surface area (TPSA) is 44.8 Å². The second-order valence-electron chi connectivity index (χ2n) is 4.51. The molecule has 0 fully saturated rings. The lowest BCUT2D eigenvalue weighted by atomic mass is 10.2. The zero-order valence-electron chi connectivity index (χ0n) is 11.9. The Morgan fingerprint density at radius 3 is 2.11 bits per heavy atom. The van der Waals surface area contributed by atoms with Gasteiger partial charge in [-0.3, -0.25) is 0 Å². The van der Waals surface area contributed by atoms with Crippen LogP contribution in [0.3, 0.4) is 0 Å². The minimum absolute atomic E-state index is 0.0798. The molecule has 7 heteroatoms. The lowest BCUT2D eigenvalue weighted by Gasteiger charge is -2.21. The summed E-state index contributed by atoms with van der Waals surface area (Å²) < 4.78 is 40.8. The summed E-state index contributed by atoms with van der Waals surface area (Å²) in [7, 11) is -2.30. The van der Waals surface area contributed by atoms with Crippen molar-refractivity contribution in [2.75, 3.05) is 13.2 Å². The minimum atomic E-state index is -2.30. The van der Waals surface area contributed by atoms with E-state index in [4.69, 9.17) is 13.9 Å². The van der Waals surface area contributed by atoms with E-state index in [1.165, 1.54) is 0 Å². The van der Waals surface area contributed by atoms with Crippen molar-refractivity contribution >= 4 is 14.3 Å². The van der Waals surface area contributed by atoms with Crippen LogP contribution in [-0.4, -0.2) is 27.5 Å². The molecule has 0 aliphatic carbocycles. The molecule has 0 spiro atoms. The van der Waals surface area contributed by atoms with E-state index in [2.05, 4.69) is 0 Å². The number of carbonyl (C=O) groups is 1. The predicted octanol–water partition coefficient (Wildman–Crippen LogP) is 3.43. The Kier molecular flexibility index (Phi) is 7.36. The molecular weight excluding hydrogens is 274 g/mol. The van der Waals surface area contributed by atoms with E-state index in [0.29, 0.717) is 0 Å². The van der Waals surface area contributed by atoms with Gasteiger partial charge in [0.2, 0.25) is 8.32 Å². The molecule has 0 radical (unpaired) electrons. The van der Waals surface area contributed by atoms with Gasteiger partial charge < -0.3 is 13.9 Å². The van der Waals surface area contributed by atoms with Gasteiger partial charge >= 0.3 is 12.0 Å². The quantitative estimate of drug-likeness (QED) is 0.237. The van der Waals surface area contributed by atoms with Gasteiger partial charge in [0.1, 0.15) is 11.8 Å². The van der Waals surface area contributed by atoms with Gasteiger partial charge in [-0.05, 0) is 33.5 Å². The number of rotatable bonds is 7. The first kappa shape index (κ1) is 17.6. The molecule has 0 aliphatic rings. The fraction of sp³-hybridized carbons (Fsp3) is 0.583. The molecule has 0 aromatic heterocycles. The smallest absolute Gasteiger partial charge is 0.345 e. The van der Waals surface area contributed by atoms with Crippen molar-refractivity contribution in [2.24, 2.45) is 0 Å². The third-order valence-electron chi connectivity index (χ3n) is 1.69. The zero-order valence-corrected chi connectivity index (χ0v) is 12.9. The second-order valence-corrected chi connectivity index (χ2v) is 8.94. The minimum Gasteiger partial charge on any atom is -0.540 e. The molecule has 0 rings (SSSR count). The van der Waals surface area contributed by atoms with E-state index in [-0.39, 0.29) is 13.2 Å². The van der Waals surface area contributed by atoms with Gasteiger partial charge in [-0.25, -0.2) is 4.79 Å². The fourth-order valence-corrected chi connectivity index (χ4v) is 1.87. The van der Waals surface area contributed by atoms with Crippen molar-refractivity contribution in [3.63, 3.8) is 0 Å². The molecule has 4 nitrogen and oxygen atoms in total. The van der Waals surface area contributed by atoms with Crippen LogP contribution in [0.5, 0.6) is 0 Å². The van der Waals surface area contributed by atoms with Crippen LogP contribution in [0.1, 0.15) is 13.8 Å². The molecular formula is C12H20F2O4Si. The van der Waals surface area contributed by atoms with Crippen molar-refractivity contribution in [1.82, 2.24) is 0 Å². The molecule has 0 atom stereocenters. The molecule has 0 bridgehead atoms. The molecule has 0 saturated heterocycles. The third-order valence-corrected chi connectivity index (χ3v) is 2.50. The van der Waals surface area contributed by atoms with Crippen molar-refractivity contribution < 1.29 is 27.5 Å². The Bertz CT molecular complexity index is 368. The maximum Gasteiger partial charge on any atom is 0.345 e. The normalized spacial score (nSPS) is 11.8. The standard InChI is InChI=1S/C12H20F2O4Si/c1-6-16-8-9(12(15)17-7-2)10(11(13)14)18-19(3,4)5/h8H,6-7H2,1-5H3/b9-8-. The maximum atomic E-state index is 13.0. The van der Waals surface area contributed by atoms with E-state index in [9.17, 15) is 13.6 Å². The molecule has 0 heterocycles. The molecule has 0 aliphatic heterocycles. The molecule has 110 valence electrons. The van der Waals surface area contributed by atoms with Crippen LogP contribution in [0.2, 0.25) is 19.6 Å². The lowest BCUT2D eigenvalue weighted by molar-refractivity contribution is -0.138. The molecule has 0 N–H and O–H groups in total. The van der Waals surface area contributed by atoms with E-state index < -0.39 is 31.7 Å². The second kappa shape index (κ2) is 7.93. The summed E-state index contributed by atoms with van der Waals surface area (Å²) in [6, 6.07) is 0. The van der Waals surface area contributed by atoms with Crippen molar-refractivity contribution in [2.45, 2.75) is 33.5 Å². The average molecular weight is 294 g/mol. The van der Waals surface area contributed by atoms with Crippen molar-refractivity contribution in [3.8, 4) is 0 Å². The molecule has 0 aromatic rings. The number of ether oxygens (including phenoxy) is 2. The highest BCUT2D eigenvalue weighted by Crippen LogP contribution is 2.24. The van der Waals surface area contributed by atoms with Crippen LogP contribution in [0.4, 0.5) is 8.78 Å². The van der Waals surface area contributed by atoms with Gasteiger partial charge in [0.15, 0.2) is 5.76 Å². The van der Waals surface area contributed by atoms with Crippen LogP contribution in [0.25, 0.3) is 0 Å². The number of esters is 1. The van der Waals surface area contributed by atoms with Gasteiger partial charge in [0.25, 0.3) is 0 Å². The summed E-state index contributed by atoms with van der Waals surface area (Å²) in [6.07, 6.45) is -1.12. The van der Waals surface area contributed by atoms with Crippen LogP contribution < -0.4 is 0 Å². The third kappa shape index (κ3) is 6.95. The largest absolute Gasteiger partial charge is 0.540 e. The highest BCUT2D eigenvalue weighted by molar-refractivity contribution is 6.70. The van der Waals surface area contributed by atoms with E-state index in [0.717, 1.165) is 6.26 Å². The number of hydrogen-bond donors (Lipinski definition) is 0. The van der Waals surface area contributed by atoms with Crippen LogP contribution in [0, 0.1) is 0 Å². The molecule has 0 aromatic carbocycles. The number of halogens is 2. The van der Waals surface area contributed by atoms with Crippen molar-refractivity contribution in [3.05, 3.63) is 23.7 Å². The summed E-state index contributed by atoms with van der Waals surface area (Å²) in [5.74, 6) is -1.65. The Morgan fingerprint density at radius 1 is 1.16 bits per heavy atom. The molecule has 0 unspecified atom stereocenters. The number of carbonyl (C=O) groups excluding carboxylic acids is 1. The summed E-state index contributed by atoms with van der Waals surface area (Å²) in [5, 5.41) is 0. The Morgan fingerprint density at radius 2 is 1.74 bits per heavy atom. The van der Waals surface area contributed by atoms with Crippen LogP contribution in [-0.2, 0) is 18.7 Å². The van der Waals surface area contributed by atoms with Crippen molar-refractivity contribution in [1.29, 1.82) is 0 Å². The van der Waals surface area contributed by atoms with Gasteiger partial charge in [-0.1, -0.05) is 0 Å². The van der Waals surface area contributed by atoms with E-state index in [1.807, 2.05) is 0 Å². The highest BCUT2D eigenvalue weighted by Gasteiger charge is 2.28. The van der Waals surface area contributed by atoms with Gasteiger partial charge in [0.05, 0.1) is 13.2 Å². The maximum absolute atomic E-state index is 13.0. The molecule has 0 saturated carbocycles. The zero-order chi connectivity index (χ0) is 15.1. The fourth-order valence-electron chi connectivity index (χ4n) is 1.07. The summed E-state index contributed by atoms with van der Waals surface area (Å²) in [6.45, 7) is 8.80. The first-order valence-corrected chi connectivity index (χ1v) is 9.37. The Balaban J connectivity index is 5.41. The molecule has 19 heavy (non-hydrogen) atoms. The SMILES string of the molecule is CCO/C=C(\C(=O)OCC)C(O[Si](C)(C)C)=C(F)F. The Labute approximate surface area is 113 Å². The van der Waals surface area contributed by atoms with Gasteiger partial charge in [-0.15, -0.1) is 0 Å².